The van der Waals surface area contributed by atoms with Gasteiger partial charge in [-0.2, -0.15) is 5.10 Å². The summed E-state index contributed by atoms with van der Waals surface area (Å²) in [6.45, 7) is 3.74. The number of nitrogens with zero attached hydrogens (tertiary/aromatic N) is 1. The van der Waals surface area contributed by atoms with E-state index in [1.807, 2.05) is 56.3 Å². The van der Waals surface area contributed by atoms with E-state index in [1.54, 1.807) is 0 Å². The van der Waals surface area contributed by atoms with E-state index in [4.69, 9.17) is 0 Å². The molecule has 0 aliphatic heterocycles. The molecular weight excluding hydrogens is 304 g/mol. The van der Waals surface area contributed by atoms with Crippen LogP contribution in [0.2, 0.25) is 0 Å². The zero-order valence-electron chi connectivity index (χ0n) is 13.5. The number of aromatic amines is 1. The highest BCUT2D eigenvalue weighted by Crippen LogP contribution is 2.19. The van der Waals surface area contributed by atoms with E-state index in [-0.39, 0.29) is 24.1 Å². The molecule has 0 spiro atoms. The molecule has 0 bridgehead atoms. The van der Waals surface area contributed by atoms with E-state index < -0.39 is 0 Å². The van der Waals surface area contributed by atoms with Gasteiger partial charge in [-0.05, 0) is 31.0 Å². The van der Waals surface area contributed by atoms with Crippen molar-refractivity contribution in [2.45, 2.75) is 13.8 Å². The summed E-state index contributed by atoms with van der Waals surface area (Å²) in [6, 6.07) is 13.1. The number of aryl methyl sites for hydroxylation is 2. The maximum atomic E-state index is 12.2. The molecule has 0 aliphatic rings. The Morgan fingerprint density at radius 2 is 1.75 bits per heavy atom. The topological polar surface area (TPSA) is 86.9 Å². The third-order valence-electron chi connectivity index (χ3n) is 3.84. The minimum absolute atomic E-state index is 0.117. The van der Waals surface area contributed by atoms with Crippen LogP contribution in [-0.2, 0) is 4.79 Å². The van der Waals surface area contributed by atoms with Gasteiger partial charge in [0.25, 0.3) is 5.91 Å². The van der Waals surface area contributed by atoms with Gasteiger partial charge in [0, 0.05) is 11.1 Å². The van der Waals surface area contributed by atoms with E-state index >= 15 is 0 Å². The Morgan fingerprint density at radius 1 is 1.04 bits per heavy atom. The van der Waals surface area contributed by atoms with Crippen molar-refractivity contribution < 1.29 is 9.59 Å². The number of hydrogen-bond donors (Lipinski definition) is 3. The lowest BCUT2D eigenvalue weighted by molar-refractivity contribution is -0.115. The summed E-state index contributed by atoms with van der Waals surface area (Å²) in [5.74, 6) is -0.662. The second kappa shape index (κ2) is 6.54. The van der Waals surface area contributed by atoms with Gasteiger partial charge < -0.3 is 10.6 Å². The second-order valence-corrected chi connectivity index (χ2v) is 5.62. The monoisotopic (exact) mass is 322 g/mol. The first-order valence-corrected chi connectivity index (χ1v) is 7.63. The summed E-state index contributed by atoms with van der Waals surface area (Å²) >= 11 is 0. The molecular formula is C18H18N4O2. The normalized spacial score (nSPS) is 10.6. The van der Waals surface area contributed by atoms with Crippen molar-refractivity contribution >= 4 is 28.4 Å². The molecule has 2 amide bonds. The second-order valence-electron chi connectivity index (χ2n) is 5.62. The Kier molecular flexibility index (Phi) is 4.29. The molecule has 1 heterocycles. The summed E-state index contributed by atoms with van der Waals surface area (Å²) < 4.78 is 0. The van der Waals surface area contributed by atoms with E-state index in [1.165, 1.54) is 0 Å². The Morgan fingerprint density at radius 3 is 2.50 bits per heavy atom. The van der Waals surface area contributed by atoms with Crippen molar-refractivity contribution in [2.24, 2.45) is 0 Å². The molecule has 0 saturated heterocycles. The fraction of sp³-hybridized carbons (Fsp3) is 0.167. The minimum atomic E-state index is -0.385. The summed E-state index contributed by atoms with van der Waals surface area (Å²) in [5.41, 5.74) is 3.80. The van der Waals surface area contributed by atoms with Gasteiger partial charge in [0.15, 0.2) is 5.69 Å². The van der Waals surface area contributed by atoms with Crippen molar-refractivity contribution in [1.82, 2.24) is 15.5 Å². The maximum Gasteiger partial charge on any atom is 0.272 e. The molecule has 0 aliphatic carbocycles. The minimum Gasteiger partial charge on any atom is -0.342 e. The highest BCUT2D eigenvalue weighted by atomic mass is 16.2. The van der Waals surface area contributed by atoms with Gasteiger partial charge in [0.2, 0.25) is 5.91 Å². The Hall–Kier alpha value is -3.15. The number of hydrogen-bond acceptors (Lipinski definition) is 3. The van der Waals surface area contributed by atoms with E-state index in [0.717, 1.165) is 27.7 Å². The number of para-hydroxylation sites is 2. The summed E-state index contributed by atoms with van der Waals surface area (Å²) in [6.07, 6.45) is 0. The predicted molar refractivity (Wildman–Crippen MR) is 93.0 cm³/mol. The molecule has 24 heavy (non-hydrogen) atoms. The maximum absolute atomic E-state index is 12.2. The first-order valence-electron chi connectivity index (χ1n) is 7.63. The molecule has 6 heteroatoms. The van der Waals surface area contributed by atoms with Crippen LogP contribution in [0.25, 0.3) is 10.9 Å². The number of anilines is 1. The third-order valence-corrected chi connectivity index (χ3v) is 3.84. The lowest BCUT2D eigenvalue weighted by Crippen LogP contribution is -2.33. The van der Waals surface area contributed by atoms with Gasteiger partial charge in [-0.3, -0.25) is 14.7 Å². The van der Waals surface area contributed by atoms with Gasteiger partial charge in [0.1, 0.15) is 0 Å². The van der Waals surface area contributed by atoms with Crippen molar-refractivity contribution in [3.8, 4) is 0 Å². The molecule has 0 atom stereocenters. The van der Waals surface area contributed by atoms with Crippen LogP contribution >= 0.6 is 0 Å². The fourth-order valence-electron chi connectivity index (χ4n) is 2.58. The Labute approximate surface area is 139 Å². The molecule has 3 aromatic rings. The highest BCUT2D eigenvalue weighted by Gasteiger charge is 2.15. The van der Waals surface area contributed by atoms with Crippen molar-refractivity contribution in [3.05, 3.63) is 59.3 Å². The third kappa shape index (κ3) is 3.12. The molecule has 3 rings (SSSR count). The van der Waals surface area contributed by atoms with Crippen LogP contribution in [0.4, 0.5) is 5.69 Å². The number of fused-ring (bicyclic) bond motifs is 1. The smallest absolute Gasteiger partial charge is 0.272 e. The molecule has 1 aromatic heterocycles. The number of benzene rings is 2. The fourth-order valence-corrected chi connectivity index (χ4v) is 2.58. The number of H-pyrrole nitrogens is 1. The molecule has 122 valence electrons. The Balaban J connectivity index is 1.65. The number of nitrogens with one attached hydrogen (secondary N) is 3. The highest BCUT2D eigenvalue weighted by molar-refractivity contribution is 6.06. The summed E-state index contributed by atoms with van der Waals surface area (Å²) in [4.78, 5) is 24.3. The molecule has 3 N–H and O–H groups in total. The average Bonchev–Trinajstić information content (AvgIpc) is 3.00. The van der Waals surface area contributed by atoms with Crippen LogP contribution in [0.15, 0.2) is 42.5 Å². The number of aromatic nitrogens is 2. The van der Waals surface area contributed by atoms with Crippen LogP contribution in [0.1, 0.15) is 21.6 Å². The van der Waals surface area contributed by atoms with Gasteiger partial charge in [-0.25, -0.2) is 0 Å². The molecule has 6 nitrogen and oxygen atoms in total. The van der Waals surface area contributed by atoms with Gasteiger partial charge in [0.05, 0.1) is 12.1 Å². The lowest BCUT2D eigenvalue weighted by atomic mass is 10.1. The summed E-state index contributed by atoms with van der Waals surface area (Å²) in [5, 5.41) is 13.0. The first kappa shape index (κ1) is 15.7. The molecule has 0 fully saturated rings. The van der Waals surface area contributed by atoms with Crippen molar-refractivity contribution in [2.75, 3.05) is 11.9 Å². The van der Waals surface area contributed by atoms with Crippen LogP contribution in [-0.4, -0.2) is 28.6 Å². The summed E-state index contributed by atoms with van der Waals surface area (Å²) in [7, 11) is 0. The van der Waals surface area contributed by atoms with Crippen LogP contribution in [0, 0.1) is 13.8 Å². The first-order chi connectivity index (χ1) is 11.6. The van der Waals surface area contributed by atoms with Crippen LogP contribution < -0.4 is 10.6 Å². The number of carbonyl (C=O) groups excluding carboxylic acids is 2. The van der Waals surface area contributed by atoms with E-state index in [9.17, 15) is 9.59 Å². The standard InChI is InChI=1S/C18H18N4O2/c1-11-6-5-7-12(2)16(11)20-15(23)10-19-18(24)17-13-8-3-4-9-14(13)21-22-17/h3-9H,10H2,1-2H3,(H,19,24)(H,20,23)(H,21,22). The quantitative estimate of drug-likeness (QED) is 0.690. The lowest BCUT2D eigenvalue weighted by Gasteiger charge is -2.11. The largest absolute Gasteiger partial charge is 0.342 e. The van der Waals surface area contributed by atoms with Crippen LogP contribution in [0.3, 0.4) is 0 Å². The number of rotatable bonds is 4. The van der Waals surface area contributed by atoms with E-state index in [2.05, 4.69) is 20.8 Å². The SMILES string of the molecule is Cc1cccc(C)c1NC(=O)CNC(=O)c1n[nH]c2ccccc12. The van der Waals surface area contributed by atoms with E-state index in [0.29, 0.717) is 0 Å². The zero-order valence-corrected chi connectivity index (χ0v) is 13.5. The van der Waals surface area contributed by atoms with Gasteiger partial charge in [-0.1, -0.05) is 36.4 Å². The number of amides is 2. The number of carbonyl (C=O) groups is 2. The zero-order chi connectivity index (χ0) is 17.1. The predicted octanol–water partition coefficient (Wildman–Crippen LogP) is 2.55. The molecule has 0 radical (unpaired) electrons. The van der Waals surface area contributed by atoms with Crippen molar-refractivity contribution in [3.63, 3.8) is 0 Å². The van der Waals surface area contributed by atoms with Gasteiger partial charge >= 0.3 is 0 Å². The Bertz CT molecular complexity index is 894. The average molecular weight is 322 g/mol. The molecule has 0 saturated carbocycles. The van der Waals surface area contributed by atoms with Gasteiger partial charge in [-0.15, -0.1) is 0 Å². The van der Waals surface area contributed by atoms with Crippen LogP contribution in [0.5, 0.6) is 0 Å². The van der Waals surface area contributed by atoms with Crippen molar-refractivity contribution in [1.29, 1.82) is 0 Å². The molecule has 0 unspecified atom stereocenters. The molecule has 2 aromatic carbocycles.